The first-order valence-corrected chi connectivity index (χ1v) is 6.49. The van der Waals surface area contributed by atoms with Crippen LogP contribution in [0.2, 0.25) is 5.02 Å². The van der Waals surface area contributed by atoms with Gasteiger partial charge in [0.1, 0.15) is 5.69 Å². The predicted octanol–water partition coefficient (Wildman–Crippen LogP) is 4.84. The first kappa shape index (κ1) is 14.9. The number of alkyl halides is 3. The van der Waals surface area contributed by atoms with Crippen LogP contribution in [0.5, 0.6) is 0 Å². The number of halogens is 5. The molecule has 0 unspecified atom stereocenters. The fourth-order valence-electron chi connectivity index (χ4n) is 1.47. The molecule has 8 heteroatoms. The molecule has 0 saturated carbocycles. The monoisotopic (exact) mass is 365 g/mol. The van der Waals surface area contributed by atoms with E-state index in [9.17, 15) is 13.2 Å². The normalized spacial score (nSPS) is 11.4. The highest BCUT2D eigenvalue weighted by Gasteiger charge is 2.33. The number of nitrogens with one attached hydrogen (secondary N) is 1. The zero-order valence-electron chi connectivity index (χ0n) is 9.80. The lowest BCUT2D eigenvalue weighted by molar-refractivity contribution is -0.141. The number of hydrogen-bond donors (Lipinski definition) is 2. The van der Waals surface area contributed by atoms with E-state index in [1.165, 1.54) is 0 Å². The molecule has 2 rings (SSSR count). The molecule has 3 N–H and O–H groups in total. The third kappa shape index (κ3) is 3.34. The van der Waals surface area contributed by atoms with Crippen molar-refractivity contribution in [2.45, 2.75) is 6.18 Å². The second-order valence-electron chi connectivity index (χ2n) is 3.90. The van der Waals surface area contributed by atoms with Crippen molar-refractivity contribution < 1.29 is 13.2 Å². The van der Waals surface area contributed by atoms with E-state index in [0.29, 0.717) is 10.7 Å². The maximum absolute atomic E-state index is 12.6. The van der Waals surface area contributed by atoms with E-state index in [1.54, 1.807) is 18.2 Å². The van der Waals surface area contributed by atoms with Gasteiger partial charge in [0.15, 0.2) is 0 Å². The molecule has 3 nitrogen and oxygen atoms in total. The van der Waals surface area contributed by atoms with Gasteiger partial charge in [-0.05, 0) is 24.3 Å². The Morgan fingerprint density at radius 1 is 1.20 bits per heavy atom. The Labute approximate surface area is 126 Å². The lowest BCUT2D eigenvalue weighted by Gasteiger charge is -2.13. The summed E-state index contributed by atoms with van der Waals surface area (Å²) in [7, 11) is 0. The summed E-state index contributed by atoms with van der Waals surface area (Å²) in [5, 5.41) is 3.13. The molecule has 0 bridgehead atoms. The summed E-state index contributed by atoms with van der Waals surface area (Å²) >= 11 is 9.22. The van der Waals surface area contributed by atoms with Gasteiger partial charge in [-0.25, -0.2) is 4.98 Å². The second-order valence-corrected chi connectivity index (χ2v) is 5.23. The van der Waals surface area contributed by atoms with E-state index < -0.39 is 11.9 Å². The van der Waals surface area contributed by atoms with Crippen molar-refractivity contribution >= 4 is 44.6 Å². The fraction of sp³-hybridized carbons (Fsp3) is 0.0833. The lowest BCUT2D eigenvalue weighted by Crippen LogP contribution is -2.09. The second kappa shape index (κ2) is 5.49. The number of pyridine rings is 1. The number of benzene rings is 1. The predicted molar refractivity (Wildman–Crippen MR) is 76.1 cm³/mol. The topological polar surface area (TPSA) is 50.9 Å². The van der Waals surface area contributed by atoms with E-state index in [0.717, 1.165) is 16.7 Å². The van der Waals surface area contributed by atoms with E-state index in [-0.39, 0.29) is 11.4 Å². The number of aromatic nitrogens is 1. The molecule has 0 aliphatic carbocycles. The van der Waals surface area contributed by atoms with Gasteiger partial charge in [-0.3, -0.25) is 0 Å². The molecule has 0 saturated heterocycles. The van der Waals surface area contributed by atoms with Gasteiger partial charge in [-0.1, -0.05) is 27.5 Å². The van der Waals surface area contributed by atoms with Crippen molar-refractivity contribution in [2.75, 3.05) is 11.1 Å². The smallest absolute Gasteiger partial charge is 0.396 e. The van der Waals surface area contributed by atoms with Gasteiger partial charge in [0.25, 0.3) is 0 Å². The molecule has 0 fully saturated rings. The SMILES string of the molecule is Nc1cnc(C(F)(F)F)cc1Nc1cc(Br)ccc1Cl. The standard InChI is InChI=1S/C12H8BrClF3N3/c13-6-1-2-7(14)9(3-6)20-10-4-11(12(15,16)17)19-5-8(10)18/h1-5H,18H2,(H,19,20). The van der Waals surface area contributed by atoms with Gasteiger partial charge in [-0.2, -0.15) is 13.2 Å². The van der Waals surface area contributed by atoms with E-state index in [4.69, 9.17) is 17.3 Å². The number of nitrogens with two attached hydrogens (primary N) is 1. The fourth-order valence-corrected chi connectivity index (χ4v) is 1.99. The molecule has 1 heterocycles. The largest absolute Gasteiger partial charge is 0.433 e. The number of nitrogens with zero attached hydrogens (tertiary/aromatic N) is 1. The van der Waals surface area contributed by atoms with Crippen LogP contribution in [0.4, 0.5) is 30.2 Å². The van der Waals surface area contributed by atoms with E-state index in [1.807, 2.05) is 0 Å². The Balaban J connectivity index is 2.40. The first-order valence-electron chi connectivity index (χ1n) is 5.32. The minimum absolute atomic E-state index is 0.0901. The van der Waals surface area contributed by atoms with Crippen molar-refractivity contribution in [2.24, 2.45) is 0 Å². The zero-order chi connectivity index (χ0) is 14.9. The molecule has 2 aromatic rings. The van der Waals surface area contributed by atoms with Crippen molar-refractivity contribution in [3.63, 3.8) is 0 Å². The molecule has 0 amide bonds. The zero-order valence-corrected chi connectivity index (χ0v) is 12.1. The summed E-state index contributed by atoms with van der Waals surface area (Å²) < 4.78 is 38.6. The molecular weight excluding hydrogens is 359 g/mol. The average molecular weight is 367 g/mol. The Morgan fingerprint density at radius 3 is 2.55 bits per heavy atom. The highest BCUT2D eigenvalue weighted by atomic mass is 79.9. The summed E-state index contributed by atoms with van der Waals surface area (Å²) in [6.45, 7) is 0. The summed E-state index contributed by atoms with van der Waals surface area (Å²) in [4.78, 5) is 3.26. The van der Waals surface area contributed by atoms with Crippen LogP contribution in [0.25, 0.3) is 0 Å². The summed E-state index contributed by atoms with van der Waals surface area (Å²) in [5.74, 6) is 0. The minimum Gasteiger partial charge on any atom is -0.396 e. The number of rotatable bonds is 2. The van der Waals surface area contributed by atoms with E-state index in [2.05, 4.69) is 26.2 Å². The average Bonchev–Trinajstić information content (AvgIpc) is 2.35. The lowest BCUT2D eigenvalue weighted by atomic mass is 10.2. The Morgan fingerprint density at radius 2 is 1.90 bits per heavy atom. The number of anilines is 3. The highest BCUT2D eigenvalue weighted by molar-refractivity contribution is 9.10. The molecule has 1 aromatic heterocycles. The van der Waals surface area contributed by atoms with Crippen LogP contribution in [0.1, 0.15) is 5.69 Å². The van der Waals surface area contributed by atoms with Crippen LogP contribution in [-0.4, -0.2) is 4.98 Å². The molecule has 106 valence electrons. The van der Waals surface area contributed by atoms with Crippen molar-refractivity contribution in [3.8, 4) is 0 Å². The molecule has 0 atom stereocenters. The molecule has 0 aliphatic rings. The molecule has 0 radical (unpaired) electrons. The van der Waals surface area contributed by atoms with Gasteiger partial charge < -0.3 is 11.1 Å². The van der Waals surface area contributed by atoms with Crippen LogP contribution in [0.15, 0.2) is 34.9 Å². The number of hydrogen-bond acceptors (Lipinski definition) is 3. The summed E-state index contributed by atoms with van der Waals surface area (Å²) in [6.07, 6.45) is -3.58. The van der Waals surface area contributed by atoms with Crippen LogP contribution in [0.3, 0.4) is 0 Å². The van der Waals surface area contributed by atoms with Crippen LogP contribution in [0, 0.1) is 0 Å². The molecule has 0 spiro atoms. The summed E-state index contributed by atoms with van der Waals surface area (Å²) in [5.41, 5.74) is 5.21. The van der Waals surface area contributed by atoms with E-state index >= 15 is 0 Å². The molecular formula is C12H8BrClF3N3. The molecule has 20 heavy (non-hydrogen) atoms. The van der Waals surface area contributed by atoms with Crippen molar-refractivity contribution in [1.29, 1.82) is 0 Å². The quantitative estimate of drug-likeness (QED) is 0.799. The maximum atomic E-state index is 12.6. The van der Waals surface area contributed by atoms with Crippen LogP contribution < -0.4 is 11.1 Å². The third-order valence-electron chi connectivity index (χ3n) is 2.42. The Hall–Kier alpha value is -1.47. The Bertz CT molecular complexity index is 646. The third-order valence-corrected chi connectivity index (χ3v) is 3.25. The van der Waals surface area contributed by atoms with Crippen molar-refractivity contribution in [3.05, 3.63) is 45.7 Å². The first-order chi connectivity index (χ1) is 9.27. The van der Waals surface area contributed by atoms with Gasteiger partial charge in [-0.15, -0.1) is 0 Å². The van der Waals surface area contributed by atoms with Gasteiger partial charge >= 0.3 is 6.18 Å². The molecule has 1 aromatic carbocycles. The maximum Gasteiger partial charge on any atom is 0.433 e. The number of nitrogen functional groups attached to an aromatic ring is 1. The van der Waals surface area contributed by atoms with Gasteiger partial charge in [0, 0.05) is 4.47 Å². The van der Waals surface area contributed by atoms with Gasteiger partial charge in [0.05, 0.1) is 28.3 Å². The highest BCUT2D eigenvalue weighted by Crippen LogP contribution is 2.34. The van der Waals surface area contributed by atoms with Crippen LogP contribution in [-0.2, 0) is 6.18 Å². The van der Waals surface area contributed by atoms with Gasteiger partial charge in [0.2, 0.25) is 0 Å². The Kier molecular flexibility index (Phi) is 4.10. The van der Waals surface area contributed by atoms with Crippen molar-refractivity contribution in [1.82, 2.24) is 4.98 Å². The summed E-state index contributed by atoms with van der Waals surface area (Å²) in [6, 6.07) is 5.79. The van der Waals surface area contributed by atoms with Crippen LogP contribution >= 0.6 is 27.5 Å². The minimum atomic E-state index is -4.54. The molecule has 0 aliphatic heterocycles.